The minimum absolute atomic E-state index is 0.658. The summed E-state index contributed by atoms with van der Waals surface area (Å²) < 4.78 is 4.21. The molecule has 0 bridgehead atoms. The number of benzene rings is 5. The summed E-state index contributed by atoms with van der Waals surface area (Å²) in [4.78, 5) is 9.47. The zero-order chi connectivity index (χ0) is 27.9. The van der Waals surface area contributed by atoms with Crippen LogP contribution in [-0.2, 0) is 0 Å². The van der Waals surface area contributed by atoms with E-state index in [1.165, 1.54) is 21.8 Å². The van der Waals surface area contributed by atoms with Gasteiger partial charge in [0, 0.05) is 28.2 Å². The van der Waals surface area contributed by atoms with Gasteiger partial charge in [-0.05, 0) is 59.7 Å². The van der Waals surface area contributed by atoms with Crippen LogP contribution in [0.4, 0.5) is 0 Å². The standard InChI is InChI=1S/C37H25N5/c1-3-11-29(12-4-1)41-34-17-8-7-15-31(34)32-23-22-28(25-35(32)41)26-18-20-27(21-19-26)36-39-37(33-16-9-10-24-38-33)42(40-36)30-13-5-2-6-14-30/h1-25H. The van der Waals surface area contributed by atoms with Crippen molar-refractivity contribution in [3.05, 3.63) is 152 Å². The number of hydrogen-bond acceptors (Lipinski definition) is 3. The Morgan fingerprint density at radius 3 is 1.88 bits per heavy atom. The second-order valence-electron chi connectivity index (χ2n) is 10.2. The molecule has 0 aliphatic heterocycles. The number of fused-ring (bicyclic) bond motifs is 3. The van der Waals surface area contributed by atoms with Crippen molar-refractivity contribution in [3.8, 4) is 45.4 Å². The van der Waals surface area contributed by atoms with E-state index in [2.05, 4.69) is 107 Å². The lowest BCUT2D eigenvalue weighted by atomic mass is 10.0. The lowest BCUT2D eigenvalue weighted by molar-refractivity contribution is 0.886. The molecule has 0 saturated heterocycles. The van der Waals surface area contributed by atoms with Gasteiger partial charge in [0.25, 0.3) is 0 Å². The van der Waals surface area contributed by atoms with Gasteiger partial charge < -0.3 is 4.57 Å². The molecule has 5 nitrogen and oxygen atoms in total. The maximum absolute atomic E-state index is 4.93. The van der Waals surface area contributed by atoms with Gasteiger partial charge in [0.05, 0.1) is 16.7 Å². The minimum atomic E-state index is 0.658. The summed E-state index contributed by atoms with van der Waals surface area (Å²) in [6, 6.07) is 50.3. The highest BCUT2D eigenvalue weighted by Crippen LogP contribution is 2.35. The number of pyridine rings is 1. The lowest BCUT2D eigenvalue weighted by Gasteiger charge is -2.09. The van der Waals surface area contributed by atoms with E-state index in [4.69, 9.17) is 10.1 Å². The van der Waals surface area contributed by atoms with E-state index in [9.17, 15) is 0 Å². The third kappa shape index (κ3) is 4.07. The van der Waals surface area contributed by atoms with Crippen molar-refractivity contribution in [2.75, 3.05) is 0 Å². The number of aromatic nitrogens is 5. The van der Waals surface area contributed by atoms with E-state index in [1.54, 1.807) is 6.20 Å². The molecule has 0 radical (unpaired) electrons. The van der Waals surface area contributed by atoms with Crippen molar-refractivity contribution >= 4 is 21.8 Å². The summed E-state index contributed by atoms with van der Waals surface area (Å²) in [5.74, 6) is 1.37. The highest BCUT2D eigenvalue weighted by atomic mass is 15.4. The van der Waals surface area contributed by atoms with Gasteiger partial charge >= 0.3 is 0 Å². The molecule has 0 fully saturated rings. The monoisotopic (exact) mass is 539 g/mol. The van der Waals surface area contributed by atoms with Crippen molar-refractivity contribution in [2.24, 2.45) is 0 Å². The fraction of sp³-hybridized carbons (Fsp3) is 0. The average Bonchev–Trinajstić information content (AvgIpc) is 3.66. The van der Waals surface area contributed by atoms with E-state index in [0.717, 1.165) is 33.8 Å². The molecule has 8 rings (SSSR count). The largest absolute Gasteiger partial charge is 0.309 e. The molecule has 198 valence electrons. The first-order valence-electron chi connectivity index (χ1n) is 14.0. The van der Waals surface area contributed by atoms with E-state index in [-0.39, 0.29) is 0 Å². The molecule has 3 aromatic heterocycles. The maximum atomic E-state index is 4.93. The summed E-state index contributed by atoms with van der Waals surface area (Å²) in [6.07, 6.45) is 1.78. The highest BCUT2D eigenvalue weighted by molar-refractivity contribution is 6.10. The fourth-order valence-corrected chi connectivity index (χ4v) is 5.66. The van der Waals surface area contributed by atoms with Crippen LogP contribution in [0.5, 0.6) is 0 Å². The van der Waals surface area contributed by atoms with E-state index < -0.39 is 0 Å². The predicted octanol–water partition coefficient (Wildman–Crippen LogP) is 8.76. The van der Waals surface area contributed by atoms with Crippen molar-refractivity contribution < 1.29 is 0 Å². The fourth-order valence-electron chi connectivity index (χ4n) is 5.66. The SMILES string of the molecule is c1ccc(-n2nc(-c3ccc(-c4ccc5c6ccccc6n(-c6ccccc6)c5c4)cc3)nc2-c2ccccn2)cc1. The molecule has 0 amide bonds. The Kier molecular flexibility index (Phi) is 5.71. The second kappa shape index (κ2) is 9.98. The Labute approximate surface area is 243 Å². The lowest BCUT2D eigenvalue weighted by Crippen LogP contribution is -2.00. The molecule has 0 N–H and O–H groups in total. The second-order valence-corrected chi connectivity index (χ2v) is 10.2. The van der Waals surface area contributed by atoms with Crippen LogP contribution in [0.2, 0.25) is 0 Å². The molecule has 3 heterocycles. The van der Waals surface area contributed by atoms with Gasteiger partial charge in [0.15, 0.2) is 11.6 Å². The average molecular weight is 540 g/mol. The molecular weight excluding hydrogens is 514 g/mol. The van der Waals surface area contributed by atoms with Crippen molar-refractivity contribution in [3.63, 3.8) is 0 Å². The normalized spacial score (nSPS) is 11.3. The Bertz CT molecular complexity index is 2100. The topological polar surface area (TPSA) is 48.5 Å². The van der Waals surface area contributed by atoms with Gasteiger partial charge in [-0.15, -0.1) is 5.10 Å². The number of hydrogen-bond donors (Lipinski definition) is 0. The Hall–Kier alpha value is -5.81. The summed E-state index contributed by atoms with van der Waals surface area (Å²) in [5, 5.41) is 7.40. The van der Waals surface area contributed by atoms with Crippen LogP contribution in [0, 0.1) is 0 Å². The van der Waals surface area contributed by atoms with Crippen molar-refractivity contribution in [1.29, 1.82) is 0 Å². The van der Waals surface area contributed by atoms with Crippen LogP contribution in [0.15, 0.2) is 152 Å². The Balaban J connectivity index is 1.21. The summed E-state index contributed by atoms with van der Waals surface area (Å²) >= 11 is 0. The molecular formula is C37H25N5. The third-order valence-corrected chi connectivity index (χ3v) is 7.67. The maximum Gasteiger partial charge on any atom is 0.182 e. The number of nitrogens with zero attached hydrogens (tertiary/aromatic N) is 5. The molecule has 8 aromatic rings. The van der Waals surface area contributed by atoms with E-state index >= 15 is 0 Å². The molecule has 0 aliphatic carbocycles. The summed E-state index contributed by atoms with van der Waals surface area (Å²) in [7, 11) is 0. The first-order chi connectivity index (χ1) is 20.8. The zero-order valence-electron chi connectivity index (χ0n) is 22.7. The first kappa shape index (κ1) is 24.0. The zero-order valence-corrected chi connectivity index (χ0v) is 22.7. The molecule has 5 heteroatoms. The minimum Gasteiger partial charge on any atom is -0.309 e. The Morgan fingerprint density at radius 2 is 1.12 bits per heavy atom. The highest BCUT2D eigenvalue weighted by Gasteiger charge is 2.17. The molecule has 0 atom stereocenters. The van der Waals surface area contributed by atoms with Gasteiger partial charge in [0.1, 0.15) is 5.69 Å². The van der Waals surface area contributed by atoms with E-state index in [1.807, 2.05) is 53.2 Å². The van der Waals surface area contributed by atoms with Crippen LogP contribution in [0.25, 0.3) is 67.2 Å². The van der Waals surface area contributed by atoms with Gasteiger partial charge in [-0.1, -0.05) is 97.1 Å². The van der Waals surface area contributed by atoms with Crippen LogP contribution in [0.1, 0.15) is 0 Å². The van der Waals surface area contributed by atoms with E-state index in [0.29, 0.717) is 11.6 Å². The Morgan fingerprint density at radius 1 is 0.476 bits per heavy atom. The van der Waals surface area contributed by atoms with Gasteiger partial charge in [-0.2, -0.15) is 0 Å². The molecule has 0 saturated carbocycles. The van der Waals surface area contributed by atoms with Crippen molar-refractivity contribution in [2.45, 2.75) is 0 Å². The van der Waals surface area contributed by atoms with Crippen molar-refractivity contribution in [1.82, 2.24) is 24.3 Å². The summed E-state index contributed by atoms with van der Waals surface area (Å²) in [6.45, 7) is 0. The smallest absolute Gasteiger partial charge is 0.182 e. The van der Waals surface area contributed by atoms with Gasteiger partial charge in [0.2, 0.25) is 0 Å². The quantitative estimate of drug-likeness (QED) is 0.220. The van der Waals surface area contributed by atoms with Crippen LogP contribution in [-0.4, -0.2) is 24.3 Å². The van der Waals surface area contributed by atoms with Gasteiger partial charge in [-0.25, -0.2) is 9.67 Å². The predicted molar refractivity (Wildman–Crippen MR) is 170 cm³/mol. The molecule has 42 heavy (non-hydrogen) atoms. The van der Waals surface area contributed by atoms with Crippen LogP contribution < -0.4 is 0 Å². The van der Waals surface area contributed by atoms with Crippen LogP contribution in [0.3, 0.4) is 0 Å². The van der Waals surface area contributed by atoms with Gasteiger partial charge in [-0.3, -0.25) is 4.98 Å². The molecule has 0 unspecified atom stereocenters. The number of rotatable bonds is 5. The van der Waals surface area contributed by atoms with Crippen LogP contribution >= 0.6 is 0 Å². The third-order valence-electron chi connectivity index (χ3n) is 7.67. The molecule has 5 aromatic carbocycles. The first-order valence-corrected chi connectivity index (χ1v) is 14.0. The number of para-hydroxylation sites is 3. The molecule has 0 spiro atoms. The summed E-state index contributed by atoms with van der Waals surface area (Å²) in [5.41, 5.74) is 8.51. The molecule has 0 aliphatic rings.